The van der Waals surface area contributed by atoms with Crippen LogP contribution in [0.25, 0.3) is 11.2 Å². The van der Waals surface area contributed by atoms with Gasteiger partial charge in [-0.3, -0.25) is 4.57 Å². The van der Waals surface area contributed by atoms with Gasteiger partial charge in [0.15, 0.2) is 10.8 Å². The lowest BCUT2D eigenvalue weighted by atomic mass is 10.1. The molecule has 0 unspecified atom stereocenters. The van der Waals surface area contributed by atoms with Gasteiger partial charge in [-0.25, -0.2) is 19.6 Å². The molecule has 1 fully saturated rings. The van der Waals surface area contributed by atoms with Crippen molar-refractivity contribution in [3.8, 4) is 0 Å². The first kappa shape index (κ1) is 23.2. The zero-order chi connectivity index (χ0) is 24.4. The lowest BCUT2D eigenvalue weighted by Gasteiger charge is -2.19. The van der Waals surface area contributed by atoms with Gasteiger partial charge in [-0.15, -0.1) is 0 Å². The molecule has 2 aromatic heterocycles. The van der Waals surface area contributed by atoms with Crippen LogP contribution in [0.1, 0.15) is 33.4 Å². The smallest absolute Gasteiger partial charge is 0.338 e. The van der Waals surface area contributed by atoms with Crippen molar-refractivity contribution >= 4 is 46.3 Å². The molecule has 0 amide bonds. The highest BCUT2D eigenvalue weighted by Gasteiger charge is 2.40. The van der Waals surface area contributed by atoms with Crippen molar-refractivity contribution in [2.24, 2.45) is 0 Å². The fraction of sp³-hybridized carbons (Fsp3) is 0.208. The third kappa shape index (κ3) is 4.97. The molecule has 1 saturated heterocycles. The maximum atomic E-state index is 12.7. The van der Waals surface area contributed by atoms with Gasteiger partial charge in [0.05, 0.1) is 17.5 Å². The molecule has 178 valence electrons. The van der Waals surface area contributed by atoms with Crippen molar-refractivity contribution in [3.05, 3.63) is 88.6 Å². The minimum atomic E-state index is -0.731. The molecule has 0 aliphatic carbocycles. The van der Waals surface area contributed by atoms with E-state index in [1.807, 2.05) is 0 Å². The molecule has 9 nitrogen and oxygen atoms in total. The number of hydrogen-bond donors (Lipinski definition) is 0. The van der Waals surface area contributed by atoms with Crippen LogP contribution in [-0.2, 0) is 14.2 Å². The Morgan fingerprint density at radius 3 is 2.31 bits per heavy atom. The topological polar surface area (TPSA) is 105 Å². The van der Waals surface area contributed by atoms with Crippen molar-refractivity contribution in [1.29, 1.82) is 0 Å². The number of carbonyl (C=O) groups is 2. The summed E-state index contributed by atoms with van der Waals surface area (Å²) in [7, 11) is 0. The summed E-state index contributed by atoms with van der Waals surface area (Å²) in [6, 6.07) is 17.2. The van der Waals surface area contributed by atoms with E-state index in [0.717, 1.165) is 0 Å². The third-order valence-electron chi connectivity index (χ3n) is 5.50. The molecule has 0 bridgehead atoms. The van der Waals surface area contributed by atoms with Gasteiger partial charge in [0, 0.05) is 6.42 Å². The molecule has 1 aliphatic heterocycles. The summed E-state index contributed by atoms with van der Waals surface area (Å²) in [4.78, 5) is 37.6. The first-order valence-electron chi connectivity index (χ1n) is 10.7. The second-order valence-corrected chi connectivity index (χ2v) is 8.44. The molecule has 11 heteroatoms. The molecule has 2 aromatic carbocycles. The molecule has 0 N–H and O–H groups in total. The van der Waals surface area contributed by atoms with Crippen LogP contribution < -0.4 is 0 Å². The monoisotopic (exact) mass is 512 g/mol. The van der Waals surface area contributed by atoms with Gasteiger partial charge in [-0.05, 0) is 35.9 Å². The summed E-state index contributed by atoms with van der Waals surface area (Å²) in [6.45, 7) is -0.125. The number of esters is 2. The minimum absolute atomic E-state index is 0.0392. The average molecular weight is 513 g/mol. The lowest BCUT2D eigenvalue weighted by Crippen LogP contribution is -2.32. The predicted octanol–water partition coefficient (Wildman–Crippen LogP) is 4.50. The van der Waals surface area contributed by atoms with Crippen LogP contribution in [0.3, 0.4) is 0 Å². The largest absolute Gasteiger partial charge is 0.459 e. The minimum Gasteiger partial charge on any atom is -0.459 e. The summed E-state index contributed by atoms with van der Waals surface area (Å²) in [5.41, 5.74) is 1.53. The number of rotatable bonds is 6. The van der Waals surface area contributed by atoms with Crippen LogP contribution in [0.4, 0.5) is 0 Å². The zero-order valence-electron chi connectivity index (χ0n) is 18.1. The molecule has 3 atom stereocenters. The number of fused-ring (bicyclic) bond motifs is 1. The molecular weight excluding hydrogens is 495 g/mol. The van der Waals surface area contributed by atoms with Gasteiger partial charge in [0.1, 0.15) is 30.6 Å². The summed E-state index contributed by atoms with van der Waals surface area (Å²) < 4.78 is 19.0. The van der Waals surface area contributed by atoms with Crippen molar-refractivity contribution in [1.82, 2.24) is 19.5 Å². The van der Waals surface area contributed by atoms with Crippen LogP contribution in [0.2, 0.25) is 10.4 Å². The Bertz CT molecular complexity index is 1370. The van der Waals surface area contributed by atoms with Crippen molar-refractivity contribution in [2.75, 3.05) is 6.61 Å². The number of nitrogens with zero attached hydrogens (tertiary/aromatic N) is 4. The summed E-state index contributed by atoms with van der Waals surface area (Å²) in [5, 5.41) is 0.0692. The van der Waals surface area contributed by atoms with Crippen LogP contribution in [0, 0.1) is 0 Å². The number of imidazole rings is 1. The number of halogens is 2. The lowest BCUT2D eigenvalue weighted by molar-refractivity contribution is -0.0563. The number of benzene rings is 2. The van der Waals surface area contributed by atoms with E-state index in [4.69, 9.17) is 37.4 Å². The van der Waals surface area contributed by atoms with Gasteiger partial charge in [0.2, 0.25) is 5.28 Å². The number of aromatic nitrogens is 4. The van der Waals surface area contributed by atoms with Gasteiger partial charge in [0.25, 0.3) is 0 Å². The highest BCUT2D eigenvalue weighted by molar-refractivity contribution is 6.35. The SMILES string of the molecule is O=C(OC[C@H]1O[C@@H](n2cnc3c(Cl)nc(Cl)nc32)C[C@@H]1OC(=O)c1ccccc1)c1ccccc1. The number of carbonyl (C=O) groups excluding carboxylic acids is 2. The van der Waals surface area contributed by atoms with E-state index < -0.39 is 30.4 Å². The highest BCUT2D eigenvalue weighted by Crippen LogP contribution is 2.34. The van der Waals surface area contributed by atoms with Crippen LogP contribution >= 0.6 is 23.2 Å². The molecule has 5 rings (SSSR count). The van der Waals surface area contributed by atoms with Gasteiger partial charge < -0.3 is 14.2 Å². The van der Waals surface area contributed by atoms with Crippen molar-refractivity contribution < 1.29 is 23.8 Å². The second kappa shape index (κ2) is 9.99. The van der Waals surface area contributed by atoms with Gasteiger partial charge >= 0.3 is 11.9 Å². The maximum Gasteiger partial charge on any atom is 0.338 e. The number of ether oxygens (including phenoxy) is 3. The van der Waals surface area contributed by atoms with Crippen LogP contribution in [-0.4, -0.2) is 50.3 Å². The molecular formula is C24H18Cl2N4O5. The Labute approximate surface area is 209 Å². The molecule has 0 radical (unpaired) electrons. The van der Waals surface area contributed by atoms with Gasteiger partial charge in [-0.2, -0.15) is 4.98 Å². The zero-order valence-corrected chi connectivity index (χ0v) is 19.6. The van der Waals surface area contributed by atoms with Crippen LogP contribution in [0.5, 0.6) is 0 Å². The third-order valence-corrected chi connectivity index (χ3v) is 5.93. The van der Waals surface area contributed by atoms with E-state index in [9.17, 15) is 9.59 Å². The average Bonchev–Trinajstić information content (AvgIpc) is 3.47. The number of hydrogen-bond acceptors (Lipinski definition) is 8. The van der Waals surface area contributed by atoms with Crippen molar-refractivity contribution in [3.63, 3.8) is 0 Å². The van der Waals surface area contributed by atoms with E-state index in [2.05, 4.69) is 15.0 Å². The fourth-order valence-corrected chi connectivity index (χ4v) is 4.23. The Balaban J connectivity index is 1.38. The molecule has 3 heterocycles. The van der Waals surface area contributed by atoms with Gasteiger partial charge in [-0.1, -0.05) is 48.0 Å². The molecule has 0 saturated carbocycles. The summed E-state index contributed by atoms with van der Waals surface area (Å²) in [5.74, 6) is -1.02. The molecule has 0 spiro atoms. The summed E-state index contributed by atoms with van der Waals surface area (Å²) >= 11 is 12.1. The Hall–Kier alpha value is -3.53. The first-order valence-corrected chi connectivity index (χ1v) is 11.4. The summed E-state index contributed by atoms with van der Waals surface area (Å²) in [6.07, 6.45) is -0.305. The first-order chi connectivity index (χ1) is 17.0. The Morgan fingerprint density at radius 1 is 0.971 bits per heavy atom. The molecule has 1 aliphatic rings. The van der Waals surface area contributed by atoms with E-state index in [1.54, 1.807) is 65.2 Å². The Kier molecular flexibility index (Phi) is 6.63. The molecule has 35 heavy (non-hydrogen) atoms. The predicted molar refractivity (Wildman–Crippen MR) is 126 cm³/mol. The van der Waals surface area contributed by atoms with E-state index in [-0.39, 0.29) is 23.5 Å². The fourth-order valence-electron chi connectivity index (χ4n) is 3.81. The van der Waals surface area contributed by atoms with E-state index in [0.29, 0.717) is 22.3 Å². The quantitative estimate of drug-likeness (QED) is 0.211. The van der Waals surface area contributed by atoms with Crippen LogP contribution in [0.15, 0.2) is 67.0 Å². The second-order valence-electron chi connectivity index (χ2n) is 7.75. The normalized spacial score (nSPS) is 19.5. The standard InChI is InChI=1S/C24H18Cl2N4O5/c25-20-19-21(29-24(26)28-20)30(13-27-19)18-11-16(35-23(32)15-9-5-2-6-10-15)17(34-18)12-33-22(31)14-7-3-1-4-8-14/h1-10,13,16-18H,11-12H2/t16-,17+,18+/m0/s1. The Morgan fingerprint density at radius 2 is 1.63 bits per heavy atom. The highest BCUT2D eigenvalue weighted by atomic mass is 35.5. The maximum absolute atomic E-state index is 12.7. The van der Waals surface area contributed by atoms with E-state index in [1.165, 1.54) is 6.33 Å². The van der Waals surface area contributed by atoms with Crippen molar-refractivity contribution in [2.45, 2.75) is 24.9 Å². The molecule has 4 aromatic rings. The van der Waals surface area contributed by atoms with E-state index >= 15 is 0 Å².